The maximum absolute atomic E-state index is 11.8. The molecule has 0 radical (unpaired) electrons. The molecule has 3 amide bonds. The Morgan fingerprint density at radius 3 is 2.56 bits per heavy atom. The number of piperazine rings is 1. The quantitative estimate of drug-likeness (QED) is 0.587. The smallest absolute Gasteiger partial charge is 0.314 e. The first-order chi connectivity index (χ1) is 7.63. The van der Waals surface area contributed by atoms with Gasteiger partial charge in [-0.15, -0.1) is 0 Å². The van der Waals surface area contributed by atoms with Crippen LogP contribution in [0.4, 0.5) is 4.79 Å². The van der Waals surface area contributed by atoms with Crippen molar-refractivity contribution < 1.29 is 9.59 Å². The van der Waals surface area contributed by atoms with E-state index >= 15 is 0 Å². The number of amides is 3. The number of carbonyl (C=O) groups excluding carboxylic acids is 2. The zero-order chi connectivity index (χ0) is 12.0. The zero-order valence-corrected chi connectivity index (χ0v) is 9.88. The van der Waals surface area contributed by atoms with Crippen LogP contribution in [0.1, 0.15) is 13.3 Å². The molecular weight excluding hydrogens is 208 g/mol. The molecule has 1 aliphatic heterocycles. The molecule has 0 spiro atoms. The summed E-state index contributed by atoms with van der Waals surface area (Å²) in [6, 6.07) is -0.386. The van der Waals surface area contributed by atoms with Gasteiger partial charge in [0.15, 0.2) is 0 Å². The molecule has 1 saturated heterocycles. The highest BCUT2D eigenvalue weighted by atomic mass is 16.2. The van der Waals surface area contributed by atoms with Gasteiger partial charge in [-0.3, -0.25) is 4.79 Å². The highest BCUT2D eigenvalue weighted by Crippen LogP contribution is 2.00. The second-order valence-corrected chi connectivity index (χ2v) is 3.96. The molecule has 0 bridgehead atoms. The number of nitrogens with one attached hydrogen (secondary N) is 3. The van der Waals surface area contributed by atoms with Gasteiger partial charge in [0.25, 0.3) is 0 Å². The number of carbonyl (C=O) groups is 2. The van der Waals surface area contributed by atoms with Gasteiger partial charge in [0, 0.05) is 45.7 Å². The topological polar surface area (TPSA) is 73.5 Å². The summed E-state index contributed by atoms with van der Waals surface area (Å²) in [5, 5.41) is 8.34. The van der Waals surface area contributed by atoms with E-state index in [1.807, 2.05) is 11.8 Å². The summed E-state index contributed by atoms with van der Waals surface area (Å²) >= 11 is 0. The van der Waals surface area contributed by atoms with Crippen molar-refractivity contribution in [3.63, 3.8) is 0 Å². The number of nitrogens with zero attached hydrogens (tertiary/aromatic N) is 1. The second-order valence-electron chi connectivity index (χ2n) is 3.96. The molecule has 1 fully saturated rings. The fourth-order valence-corrected chi connectivity index (χ4v) is 1.65. The summed E-state index contributed by atoms with van der Waals surface area (Å²) in [7, 11) is 1.56. The fraction of sp³-hybridized carbons (Fsp3) is 0.800. The SMILES string of the molecule is CNC(=O)NC(C)CC(=O)N1CCNCC1. The van der Waals surface area contributed by atoms with Crippen LogP contribution in [0.25, 0.3) is 0 Å². The first kappa shape index (κ1) is 12.8. The van der Waals surface area contributed by atoms with Gasteiger partial charge in [-0.05, 0) is 6.92 Å². The third-order valence-corrected chi connectivity index (χ3v) is 2.56. The third kappa shape index (κ3) is 4.06. The van der Waals surface area contributed by atoms with E-state index in [2.05, 4.69) is 16.0 Å². The molecule has 0 aromatic rings. The summed E-state index contributed by atoms with van der Waals surface area (Å²) < 4.78 is 0. The van der Waals surface area contributed by atoms with Crippen molar-refractivity contribution in [3.05, 3.63) is 0 Å². The van der Waals surface area contributed by atoms with Gasteiger partial charge in [-0.2, -0.15) is 0 Å². The summed E-state index contributed by atoms with van der Waals surface area (Å²) in [6.07, 6.45) is 0.355. The van der Waals surface area contributed by atoms with Crippen molar-refractivity contribution in [1.82, 2.24) is 20.9 Å². The van der Waals surface area contributed by atoms with E-state index in [0.29, 0.717) is 6.42 Å². The molecular formula is C10H20N4O2. The van der Waals surface area contributed by atoms with Crippen LogP contribution in [0.15, 0.2) is 0 Å². The third-order valence-electron chi connectivity index (χ3n) is 2.56. The van der Waals surface area contributed by atoms with Crippen LogP contribution in [0.3, 0.4) is 0 Å². The lowest BCUT2D eigenvalue weighted by atomic mass is 10.2. The minimum absolute atomic E-state index is 0.102. The first-order valence-electron chi connectivity index (χ1n) is 5.60. The van der Waals surface area contributed by atoms with Gasteiger partial charge >= 0.3 is 6.03 Å². The molecule has 6 heteroatoms. The summed E-state index contributed by atoms with van der Waals surface area (Å²) in [5.74, 6) is 0.102. The van der Waals surface area contributed by atoms with Gasteiger partial charge in [0.05, 0.1) is 0 Å². The molecule has 3 N–H and O–H groups in total. The van der Waals surface area contributed by atoms with E-state index in [9.17, 15) is 9.59 Å². The fourth-order valence-electron chi connectivity index (χ4n) is 1.65. The highest BCUT2D eigenvalue weighted by Gasteiger charge is 2.18. The average molecular weight is 228 g/mol. The molecule has 16 heavy (non-hydrogen) atoms. The maximum Gasteiger partial charge on any atom is 0.314 e. The number of hydrogen-bond donors (Lipinski definition) is 3. The van der Waals surface area contributed by atoms with Gasteiger partial charge in [0.1, 0.15) is 0 Å². The minimum Gasteiger partial charge on any atom is -0.341 e. The first-order valence-corrected chi connectivity index (χ1v) is 5.60. The van der Waals surface area contributed by atoms with E-state index in [0.717, 1.165) is 26.2 Å². The standard InChI is InChI=1S/C10H20N4O2/c1-8(13-10(16)11-2)7-9(15)14-5-3-12-4-6-14/h8,12H,3-7H2,1-2H3,(H2,11,13,16). The average Bonchev–Trinajstić information content (AvgIpc) is 2.29. The molecule has 1 unspecified atom stereocenters. The summed E-state index contributed by atoms with van der Waals surface area (Å²) in [4.78, 5) is 24.7. The maximum atomic E-state index is 11.8. The Balaban J connectivity index is 2.29. The largest absolute Gasteiger partial charge is 0.341 e. The van der Waals surface area contributed by atoms with Crippen LogP contribution in [0.2, 0.25) is 0 Å². The van der Waals surface area contributed by atoms with Crippen molar-refractivity contribution in [2.45, 2.75) is 19.4 Å². The Bertz CT molecular complexity index is 251. The Kier molecular flexibility index (Phi) is 5.04. The molecule has 1 aliphatic rings. The Morgan fingerprint density at radius 2 is 2.00 bits per heavy atom. The monoisotopic (exact) mass is 228 g/mol. The van der Waals surface area contributed by atoms with Crippen molar-refractivity contribution in [2.75, 3.05) is 33.2 Å². The Hall–Kier alpha value is -1.30. The van der Waals surface area contributed by atoms with E-state index < -0.39 is 0 Å². The van der Waals surface area contributed by atoms with E-state index in [1.54, 1.807) is 7.05 Å². The number of hydrogen-bond acceptors (Lipinski definition) is 3. The molecule has 1 rings (SSSR count). The van der Waals surface area contributed by atoms with Gasteiger partial charge in [-0.1, -0.05) is 0 Å². The molecule has 92 valence electrons. The van der Waals surface area contributed by atoms with Gasteiger partial charge in [0.2, 0.25) is 5.91 Å². The van der Waals surface area contributed by atoms with Gasteiger partial charge < -0.3 is 20.9 Å². The second kappa shape index (κ2) is 6.32. The molecule has 1 heterocycles. The van der Waals surface area contributed by atoms with E-state index in [-0.39, 0.29) is 18.0 Å². The lowest BCUT2D eigenvalue weighted by molar-refractivity contribution is -0.132. The lowest BCUT2D eigenvalue weighted by Crippen LogP contribution is -2.48. The summed E-state index contributed by atoms with van der Waals surface area (Å²) in [5.41, 5.74) is 0. The zero-order valence-electron chi connectivity index (χ0n) is 9.88. The van der Waals surface area contributed by atoms with Crippen LogP contribution >= 0.6 is 0 Å². The predicted octanol–water partition coefficient (Wildman–Crippen LogP) is -0.874. The van der Waals surface area contributed by atoms with Crippen LogP contribution in [-0.2, 0) is 4.79 Å². The number of urea groups is 1. The Labute approximate surface area is 95.8 Å². The van der Waals surface area contributed by atoms with Crippen LogP contribution < -0.4 is 16.0 Å². The normalized spacial score (nSPS) is 17.8. The van der Waals surface area contributed by atoms with Crippen LogP contribution in [0.5, 0.6) is 0 Å². The lowest BCUT2D eigenvalue weighted by Gasteiger charge is -2.28. The van der Waals surface area contributed by atoms with Crippen LogP contribution in [0, 0.1) is 0 Å². The van der Waals surface area contributed by atoms with E-state index in [1.165, 1.54) is 0 Å². The highest BCUT2D eigenvalue weighted by molar-refractivity contribution is 5.79. The van der Waals surface area contributed by atoms with E-state index in [4.69, 9.17) is 0 Å². The summed E-state index contributed by atoms with van der Waals surface area (Å²) in [6.45, 7) is 5.04. The Morgan fingerprint density at radius 1 is 1.38 bits per heavy atom. The molecule has 6 nitrogen and oxygen atoms in total. The molecule has 0 aromatic carbocycles. The minimum atomic E-state index is -0.249. The van der Waals surface area contributed by atoms with Crippen molar-refractivity contribution in [2.24, 2.45) is 0 Å². The predicted molar refractivity (Wildman–Crippen MR) is 61.1 cm³/mol. The number of rotatable bonds is 3. The van der Waals surface area contributed by atoms with Crippen molar-refractivity contribution in [1.29, 1.82) is 0 Å². The van der Waals surface area contributed by atoms with Crippen molar-refractivity contribution in [3.8, 4) is 0 Å². The van der Waals surface area contributed by atoms with Gasteiger partial charge in [-0.25, -0.2) is 4.79 Å². The molecule has 1 atom stereocenters. The molecule has 0 aliphatic carbocycles. The van der Waals surface area contributed by atoms with Crippen LogP contribution in [-0.4, -0.2) is 56.1 Å². The molecule has 0 saturated carbocycles. The molecule has 0 aromatic heterocycles. The van der Waals surface area contributed by atoms with Crippen molar-refractivity contribution >= 4 is 11.9 Å².